The molecule has 2 rings (SSSR count). The van der Waals surface area contributed by atoms with Crippen molar-refractivity contribution in [2.24, 2.45) is 0 Å². The predicted octanol–water partition coefficient (Wildman–Crippen LogP) is 3.77. The minimum atomic E-state index is -0.130. The first-order chi connectivity index (χ1) is 8.45. The van der Waals surface area contributed by atoms with Crippen LogP contribution in [0, 0.1) is 27.7 Å². The largest absolute Gasteiger partial charge is 0.466 e. The Morgan fingerprint density at radius 1 is 1.00 bits per heavy atom. The molecule has 0 bridgehead atoms. The van der Waals surface area contributed by atoms with E-state index in [9.17, 15) is 4.79 Å². The van der Waals surface area contributed by atoms with Crippen molar-refractivity contribution in [2.75, 3.05) is 5.32 Å². The summed E-state index contributed by atoms with van der Waals surface area (Å²) in [5.74, 6) is 1.27. The quantitative estimate of drug-likeness (QED) is 0.872. The molecule has 0 aliphatic carbocycles. The SMILES string of the molecule is Cc1cc(C)cc(NC(=O)c2cc(C)oc2C)c1. The fraction of sp³-hybridized carbons (Fsp3) is 0.267. The smallest absolute Gasteiger partial charge is 0.259 e. The molecular weight excluding hydrogens is 226 g/mol. The third kappa shape index (κ3) is 2.62. The van der Waals surface area contributed by atoms with Crippen molar-refractivity contribution < 1.29 is 9.21 Å². The lowest BCUT2D eigenvalue weighted by Crippen LogP contribution is -2.12. The molecule has 1 heterocycles. The van der Waals surface area contributed by atoms with Crippen LogP contribution in [0.25, 0.3) is 0 Å². The lowest BCUT2D eigenvalue weighted by Gasteiger charge is -2.06. The predicted molar refractivity (Wildman–Crippen MR) is 72.1 cm³/mol. The molecule has 3 heteroatoms. The van der Waals surface area contributed by atoms with E-state index in [4.69, 9.17) is 4.42 Å². The van der Waals surface area contributed by atoms with Crippen molar-refractivity contribution in [3.8, 4) is 0 Å². The number of benzene rings is 1. The van der Waals surface area contributed by atoms with Crippen LogP contribution in [-0.2, 0) is 0 Å². The lowest BCUT2D eigenvalue weighted by molar-refractivity contribution is 0.102. The highest BCUT2D eigenvalue weighted by molar-refractivity contribution is 6.05. The van der Waals surface area contributed by atoms with Crippen molar-refractivity contribution >= 4 is 11.6 Å². The van der Waals surface area contributed by atoms with Crippen LogP contribution in [0.4, 0.5) is 5.69 Å². The number of carbonyl (C=O) groups excluding carboxylic acids is 1. The molecule has 0 aliphatic rings. The number of hydrogen-bond acceptors (Lipinski definition) is 2. The van der Waals surface area contributed by atoms with Crippen LogP contribution in [0.2, 0.25) is 0 Å². The van der Waals surface area contributed by atoms with Crippen LogP contribution in [0.3, 0.4) is 0 Å². The molecule has 0 saturated heterocycles. The Labute approximate surface area is 107 Å². The zero-order chi connectivity index (χ0) is 13.3. The Morgan fingerprint density at radius 3 is 2.11 bits per heavy atom. The average Bonchev–Trinajstić information content (AvgIpc) is 2.56. The second-order valence-corrected chi connectivity index (χ2v) is 4.66. The van der Waals surface area contributed by atoms with Gasteiger partial charge < -0.3 is 9.73 Å². The third-order valence-corrected chi connectivity index (χ3v) is 2.77. The first-order valence-electron chi connectivity index (χ1n) is 5.92. The van der Waals surface area contributed by atoms with Crippen LogP contribution in [-0.4, -0.2) is 5.91 Å². The zero-order valence-electron chi connectivity index (χ0n) is 11.1. The maximum absolute atomic E-state index is 12.1. The molecule has 94 valence electrons. The molecule has 0 atom stereocenters. The summed E-state index contributed by atoms with van der Waals surface area (Å²) in [6.07, 6.45) is 0. The van der Waals surface area contributed by atoms with Gasteiger partial charge in [-0.15, -0.1) is 0 Å². The summed E-state index contributed by atoms with van der Waals surface area (Å²) >= 11 is 0. The standard InChI is InChI=1S/C15H17NO2/c1-9-5-10(2)7-13(6-9)16-15(17)14-8-11(3)18-12(14)4/h5-8H,1-4H3,(H,16,17). The molecule has 0 radical (unpaired) electrons. The van der Waals surface area contributed by atoms with Gasteiger partial charge in [0.25, 0.3) is 5.91 Å². The van der Waals surface area contributed by atoms with E-state index in [2.05, 4.69) is 11.4 Å². The highest BCUT2D eigenvalue weighted by atomic mass is 16.3. The summed E-state index contributed by atoms with van der Waals surface area (Å²) < 4.78 is 5.36. The number of hydrogen-bond donors (Lipinski definition) is 1. The van der Waals surface area contributed by atoms with Gasteiger partial charge in [-0.1, -0.05) is 6.07 Å². The van der Waals surface area contributed by atoms with Gasteiger partial charge in [0.05, 0.1) is 5.56 Å². The van der Waals surface area contributed by atoms with Gasteiger partial charge in [0.2, 0.25) is 0 Å². The summed E-state index contributed by atoms with van der Waals surface area (Å²) in [5, 5.41) is 2.90. The summed E-state index contributed by atoms with van der Waals surface area (Å²) in [4.78, 5) is 12.1. The molecule has 18 heavy (non-hydrogen) atoms. The molecule has 0 saturated carbocycles. The van der Waals surface area contributed by atoms with Crippen LogP contribution in [0.5, 0.6) is 0 Å². The third-order valence-electron chi connectivity index (χ3n) is 2.77. The summed E-state index contributed by atoms with van der Waals surface area (Å²) in [5.41, 5.74) is 3.67. The normalized spacial score (nSPS) is 10.4. The van der Waals surface area contributed by atoms with Gasteiger partial charge in [-0.3, -0.25) is 4.79 Å². The lowest BCUT2D eigenvalue weighted by atomic mass is 10.1. The molecular formula is C15H17NO2. The molecule has 1 aromatic carbocycles. The fourth-order valence-electron chi connectivity index (χ4n) is 2.10. The van der Waals surface area contributed by atoms with Gasteiger partial charge in [-0.05, 0) is 57.0 Å². The molecule has 1 N–H and O–H groups in total. The van der Waals surface area contributed by atoms with E-state index in [0.29, 0.717) is 11.3 Å². The topological polar surface area (TPSA) is 42.2 Å². The highest BCUT2D eigenvalue weighted by Gasteiger charge is 2.13. The monoisotopic (exact) mass is 243 g/mol. The molecule has 0 aliphatic heterocycles. The minimum absolute atomic E-state index is 0.130. The van der Waals surface area contributed by atoms with Gasteiger partial charge in [0, 0.05) is 5.69 Å². The van der Waals surface area contributed by atoms with Gasteiger partial charge in [0.15, 0.2) is 0 Å². The van der Waals surface area contributed by atoms with E-state index in [1.807, 2.05) is 32.9 Å². The molecule has 0 spiro atoms. The summed E-state index contributed by atoms with van der Waals surface area (Å²) in [7, 11) is 0. The van der Waals surface area contributed by atoms with E-state index in [1.165, 1.54) is 0 Å². The van der Waals surface area contributed by atoms with E-state index in [0.717, 1.165) is 22.6 Å². The molecule has 0 fully saturated rings. The van der Waals surface area contributed by atoms with Crippen molar-refractivity contribution in [1.82, 2.24) is 0 Å². The van der Waals surface area contributed by atoms with Gasteiger partial charge in [-0.2, -0.15) is 0 Å². The van der Waals surface area contributed by atoms with Crippen molar-refractivity contribution in [3.63, 3.8) is 0 Å². The highest BCUT2D eigenvalue weighted by Crippen LogP contribution is 2.18. The molecule has 0 unspecified atom stereocenters. The number of anilines is 1. The van der Waals surface area contributed by atoms with E-state index in [1.54, 1.807) is 13.0 Å². The first-order valence-corrected chi connectivity index (χ1v) is 5.92. The number of carbonyl (C=O) groups is 1. The zero-order valence-corrected chi connectivity index (χ0v) is 11.1. The maximum Gasteiger partial charge on any atom is 0.259 e. The van der Waals surface area contributed by atoms with Gasteiger partial charge >= 0.3 is 0 Å². The van der Waals surface area contributed by atoms with Crippen molar-refractivity contribution in [3.05, 3.63) is 52.5 Å². The number of amides is 1. The van der Waals surface area contributed by atoms with Crippen LogP contribution >= 0.6 is 0 Å². The van der Waals surface area contributed by atoms with Crippen LogP contribution < -0.4 is 5.32 Å². The Balaban J connectivity index is 2.23. The van der Waals surface area contributed by atoms with Crippen molar-refractivity contribution in [2.45, 2.75) is 27.7 Å². The van der Waals surface area contributed by atoms with Crippen LogP contribution in [0.1, 0.15) is 33.0 Å². The molecule has 1 amide bonds. The Kier molecular flexibility index (Phi) is 3.24. The Bertz CT molecular complexity index is 576. The second-order valence-electron chi connectivity index (χ2n) is 4.66. The van der Waals surface area contributed by atoms with E-state index in [-0.39, 0.29) is 5.91 Å². The molecule has 2 aromatic rings. The number of nitrogens with one attached hydrogen (secondary N) is 1. The summed E-state index contributed by atoms with van der Waals surface area (Å²) in [6.45, 7) is 7.65. The van der Waals surface area contributed by atoms with Crippen molar-refractivity contribution in [1.29, 1.82) is 0 Å². The minimum Gasteiger partial charge on any atom is -0.466 e. The Morgan fingerprint density at radius 2 is 1.61 bits per heavy atom. The maximum atomic E-state index is 12.1. The number of rotatable bonds is 2. The van der Waals surface area contributed by atoms with E-state index >= 15 is 0 Å². The molecule has 1 aromatic heterocycles. The van der Waals surface area contributed by atoms with Gasteiger partial charge in [-0.25, -0.2) is 0 Å². The fourth-order valence-corrected chi connectivity index (χ4v) is 2.10. The number of aryl methyl sites for hydroxylation is 4. The van der Waals surface area contributed by atoms with Gasteiger partial charge in [0.1, 0.15) is 11.5 Å². The summed E-state index contributed by atoms with van der Waals surface area (Å²) in [6, 6.07) is 7.73. The first kappa shape index (κ1) is 12.4. The van der Waals surface area contributed by atoms with E-state index < -0.39 is 0 Å². The van der Waals surface area contributed by atoms with Crippen LogP contribution in [0.15, 0.2) is 28.7 Å². The number of furan rings is 1. The Hall–Kier alpha value is -2.03. The molecule has 3 nitrogen and oxygen atoms in total. The average molecular weight is 243 g/mol. The second kappa shape index (κ2) is 4.69.